The molecular weight excluding hydrogens is 314 g/mol. The second kappa shape index (κ2) is 6.30. The molecule has 2 aliphatic heterocycles. The van der Waals surface area contributed by atoms with E-state index in [0.29, 0.717) is 0 Å². The molecule has 0 N–H and O–H groups in total. The molecule has 2 saturated heterocycles. The van der Waals surface area contributed by atoms with Gasteiger partial charge in [-0.3, -0.25) is 14.7 Å². The fourth-order valence-corrected chi connectivity index (χ4v) is 4.37. The van der Waals surface area contributed by atoms with Crippen LogP contribution in [0.2, 0.25) is 0 Å². The zero-order chi connectivity index (χ0) is 17.4. The van der Waals surface area contributed by atoms with E-state index in [9.17, 15) is 4.79 Å². The third-order valence-corrected chi connectivity index (χ3v) is 5.97. The zero-order valence-corrected chi connectivity index (χ0v) is 14.9. The van der Waals surface area contributed by atoms with Crippen molar-refractivity contribution in [2.24, 2.45) is 0 Å². The average Bonchev–Trinajstić information content (AvgIpc) is 3.15. The molecule has 25 heavy (non-hydrogen) atoms. The van der Waals surface area contributed by atoms with Gasteiger partial charge in [0.1, 0.15) is 11.5 Å². The van der Waals surface area contributed by atoms with E-state index >= 15 is 0 Å². The Bertz CT molecular complexity index is 747. The van der Waals surface area contributed by atoms with Gasteiger partial charge in [0.05, 0.1) is 12.5 Å². The minimum absolute atomic E-state index is 0.00677. The van der Waals surface area contributed by atoms with E-state index in [2.05, 4.69) is 16.0 Å². The molecule has 5 heteroatoms. The smallest absolute Gasteiger partial charge is 0.230 e. The molecular formula is C20H25N3O2. The maximum absolute atomic E-state index is 12.8. The summed E-state index contributed by atoms with van der Waals surface area (Å²) in [5, 5.41) is 0. The van der Waals surface area contributed by atoms with Gasteiger partial charge in [-0.25, -0.2) is 0 Å². The maximum Gasteiger partial charge on any atom is 0.230 e. The summed E-state index contributed by atoms with van der Waals surface area (Å²) in [5.41, 5.74) is 1.04. The Morgan fingerprint density at radius 2 is 2.08 bits per heavy atom. The highest BCUT2D eigenvalue weighted by molar-refractivity contribution is 5.86. The third-order valence-electron chi connectivity index (χ3n) is 5.97. The lowest BCUT2D eigenvalue weighted by Crippen LogP contribution is -2.51. The topological polar surface area (TPSA) is 49.6 Å². The number of hydrogen-bond donors (Lipinski definition) is 0. The van der Waals surface area contributed by atoms with Crippen LogP contribution in [-0.4, -0.2) is 46.4 Å². The van der Waals surface area contributed by atoms with E-state index in [0.717, 1.165) is 56.0 Å². The number of aryl methyl sites for hydroxylation is 1. The van der Waals surface area contributed by atoms with Crippen molar-refractivity contribution in [1.82, 2.24) is 14.8 Å². The summed E-state index contributed by atoms with van der Waals surface area (Å²) in [6.45, 7) is 4.83. The largest absolute Gasteiger partial charge is 0.465 e. The van der Waals surface area contributed by atoms with E-state index < -0.39 is 0 Å². The van der Waals surface area contributed by atoms with Crippen LogP contribution < -0.4 is 0 Å². The van der Waals surface area contributed by atoms with Gasteiger partial charge in [0.15, 0.2) is 0 Å². The molecule has 0 saturated carbocycles. The van der Waals surface area contributed by atoms with Crippen molar-refractivity contribution < 1.29 is 9.21 Å². The second-order valence-electron chi connectivity index (χ2n) is 7.45. The molecule has 2 aromatic rings. The minimum Gasteiger partial charge on any atom is -0.465 e. The molecule has 1 spiro atoms. The first-order valence-electron chi connectivity index (χ1n) is 9.03. The summed E-state index contributed by atoms with van der Waals surface area (Å²) < 4.78 is 5.70. The molecule has 2 fully saturated rings. The summed E-state index contributed by atoms with van der Waals surface area (Å²) >= 11 is 0. The molecule has 0 radical (unpaired) electrons. The SMILES string of the molecule is Cc1ccc(CN2CCC3(CC2)C[C@H](c2cccnc2)C(=O)N3C)o1. The van der Waals surface area contributed by atoms with Crippen LogP contribution in [0, 0.1) is 6.92 Å². The summed E-state index contributed by atoms with van der Waals surface area (Å²) in [6, 6.07) is 8.02. The number of carbonyl (C=O) groups excluding carboxylic acids is 1. The van der Waals surface area contributed by atoms with Crippen molar-refractivity contribution in [1.29, 1.82) is 0 Å². The number of carbonyl (C=O) groups is 1. The lowest BCUT2D eigenvalue weighted by molar-refractivity contribution is -0.131. The highest BCUT2D eigenvalue weighted by atomic mass is 16.3. The van der Waals surface area contributed by atoms with E-state index in [1.807, 2.05) is 43.3 Å². The molecule has 0 unspecified atom stereocenters. The first-order valence-corrected chi connectivity index (χ1v) is 9.03. The number of rotatable bonds is 3. The monoisotopic (exact) mass is 339 g/mol. The number of amides is 1. The Balaban J connectivity index is 1.44. The van der Waals surface area contributed by atoms with E-state index in [4.69, 9.17) is 4.42 Å². The van der Waals surface area contributed by atoms with Crippen LogP contribution >= 0.6 is 0 Å². The van der Waals surface area contributed by atoms with Crippen molar-refractivity contribution in [3.8, 4) is 0 Å². The first-order chi connectivity index (χ1) is 12.1. The molecule has 0 bridgehead atoms. The number of likely N-dealkylation sites (tertiary alicyclic amines) is 2. The van der Waals surface area contributed by atoms with Crippen LogP contribution in [0.5, 0.6) is 0 Å². The van der Waals surface area contributed by atoms with Gasteiger partial charge >= 0.3 is 0 Å². The first kappa shape index (κ1) is 16.3. The van der Waals surface area contributed by atoms with E-state index in [1.54, 1.807) is 6.20 Å². The number of hydrogen-bond acceptors (Lipinski definition) is 4. The molecule has 2 aromatic heterocycles. The minimum atomic E-state index is -0.0435. The lowest BCUT2D eigenvalue weighted by Gasteiger charge is -2.43. The van der Waals surface area contributed by atoms with Gasteiger partial charge in [0.2, 0.25) is 5.91 Å². The summed E-state index contributed by atoms with van der Waals surface area (Å²) in [7, 11) is 1.98. The Kier molecular flexibility index (Phi) is 4.12. The number of pyridine rings is 1. The van der Waals surface area contributed by atoms with Gasteiger partial charge in [-0.15, -0.1) is 0 Å². The van der Waals surface area contributed by atoms with Crippen molar-refractivity contribution in [3.05, 3.63) is 53.7 Å². The number of piperidine rings is 1. The lowest BCUT2D eigenvalue weighted by atomic mass is 9.81. The van der Waals surface area contributed by atoms with Gasteiger partial charge in [-0.1, -0.05) is 6.07 Å². The Hall–Kier alpha value is -2.14. The maximum atomic E-state index is 12.8. The number of furan rings is 1. The van der Waals surface area contributed by atoms with E-state index in [1.165, 1.54) is 0 Å². The normalized spacial score (nSPS) is 23.5. The van der Waals surface area contributed by atoms with Crippen LogP contribution in [0.1, 0.15) is 42.3 Å². The number of likely N-dealkylation sites (N-methyl/N-ethyl adjacent to an activating group) is 1. The Labute approximate surface area is 148 Å². The van der Waals surface area contributed by atoms with Gasteiger partial charge in [-0.2, -0.15) is 0 Å². The van der Waals surface area contributed by atoms with Crippen LogP contribution in [-0.2, 0) is 11.3 Å². The third kappa shape index (κ3) is 2.97. The summed E-state index contributed by atoms with van der Waals surface area (Å²) in [6.07, 6.45) is 6.54. The highest BCUT2D eigenvalue weighted by Gasteiger charge is 2.50. The predicted octanol–water partition coefficient (Wildman–Crippen LogP) is 2.96. The van der Waals surface area contributed by atoms with Gasteiger partial charge in [-0.05, 0) is 49.9 Å². The van der Waals surface area contributed by atoms with Crippen LogP contribution in [0.15, 0.2) is 41.1 Å². The van der Waals surface area contributed by atoms with Crippen molar-refractivity contribution in [2.75, 3.05) is 20.1 Å². The molecule has 5 nitrogen and oxygen atoms in total. The summed E-state index contributed by atoms with van der Waals surface area (Å²) in [4.78, 5) is 21.5. The zero-order valence-electron chi connectivity index (χ0n) is 14.9. The molecule has 1 atom stereocenters. The van der Waals surface area contributed by atoms with Crippen LogP contribution in [0.4, 0.5) is 0 Å². The fourth-order valence-electron chi connectivity index (χ4n) is 4.37. The van der Waals surface area contributed by atoms with E-state index in [-0.39, 0.29) is 17.4 Å². The highest BCUT2D eigenvalue weighted by Crippen LogP contribution is 2.44. The molecule has 4 heterocycles. The molecule has 4 rings (SSSR count). The fraction of sp³-hybridized carbons (Fsp3) is 0.500. The van der Waals surface area contributed by atoms with Gasteiger partial charge in [0, 0.05) is 38.1 Å². The predicted molar refractivity (Wildman–Crippen MR) is 95.1 cm³/mol. The van der Waals surface area contributed by atoms with Crippen molar-refractivity contribution >= 4 is 5.91 Å². The number of aromatic nitrogens is 1. The second-order valence-corrected chi connectivity index (χ2v) is 7.45. The van der Waals surface area contributed by atoms with Crippen molar-refractivity contribution in [3.63, 3.8) is 0 Å². The molecule has 1 amide bonds. The summed E-state index contributed by atoms with van der Waals surface area (Å²) in [5.74, 6) is 2.18. The Morgan fingerprint density at radius 3 is 2.72 bits per heavy atom. The van der Waals surface area contributed by atoms with Gasteiger partial charge < -0.3 is 9.32 Å². The Morgan fingerprint density at radius 1 is 1.28 bits per heavy atom. The molecule has 132 valence electrons. The van der Waals surface area contributed by atoms with Crippen LogP contribution in [0.3, 0.4) is 0 Å². The van der Waals surface area contributed by atoms with Crippen LogP contribution in [0.25, 0.3) is 0 Å². The molecule has 2 aliphatic rings. The molecule has 0 aliphatic carbocycles. The molecule has 0 aromatic carbocycles. The number of nitrogens with zero attached hydrogens (tertiary/aromatic N) is 3. The average molecular weight is 339 g/mol. The standard InChI is InChI=1S/C20H25N3O2/c1-15-5-6-17(25-15)14-23-10-7-20(8-11-23)12-18(19(24)22(20)2)16-4-3-9-21-13-16/h3-6,9,13,18H,7-8,10-12,14H2,1-2H3/t18-/m1/s1. The quantitative estimate of drug-likeness (QED) is 0.863. The van der Waals surface area contributed by atoms with Crippen molar-refractivity contribution in [2.45, 2.75) is 44.2 Å². The van der Waals surface area contributed by atoms with Gasteiger partial charge in [0.25, 0.3) is 0 Å².